The zero-order valence-electron chi connectivity index (χ0n) is 12.6. The summed E-state index contributed by atoms with van der Waals surface area (Å²) in [5.74, 6) is 0.154. The maximum Gasteiger partial charge on any atom is 0.253 e. The van der Waals surface area contributed by atoms with Crippen molar-refractivity contribution >= 4 is 15.9 Å². The number of sulfonamides is 1. The van der Waals surface area contributed by atoms with Crippen molar-refractivity contribution in [3.05, 3.63) is 35.4 Å². The minimum atomic E-state index is -3.16. The van der Waals surface area contributed by atoms with Crippen molar-refractivity contribution in [1.82, 2.24) is 9.21 Å². The molecule has 0 aromatic heterocycles. The smallest absolute Gasteiger partial charge is 0.253 e. The molecule has 0 saturated carbocycles. The van der Waals surface area contributed by atoms with Gasteiger partial charge in [-0.3, -0.25) is 4.79 Å². The zero-order chi connectivity index (χ0) is 15.5. The summed E-state index contributed by atoms with van der Waals surface area (Å²) in [5.41, 5.74) is 1.77. The summed E-state index contributed by atoms with van der Waals surface area (Å²) in [6.07, 6.45) is 0.616. The van der Waals surface area contributed by atoms with Crippen LogP contribution < -0.4 is 0 Å². The van der Waals surface area contributed by atoms with Gasteiger partial charge in [-0.2, -0.15) is 4.31 Å². The molecule has 0 aliphatic carbocycles. The van der Waals surface area contributed by atoms with E-state index in [1.807, 2.05) is 38.1 Å². The van der Waals surface area contributed by atoms with Crippen LogP contribution in [0.1, 0.15) is 29.3 Å². The SMILES string of the molecule is CCCS(=O)(=O)N1CCN(C(=O)c2ccc(C)cc2)CC1. The minimum Gasteiger partial charge on any atom is -0.336 e. The van der Waals surface area contributed by atoms with Crippen LogP contribution in [-0.2, 0) is 10.0 Å². The third-order valence-corrected chi connectivity index (χ3v) is 5.76. The van der Waals surface area contributed by atoms with Crippen LogP contribution in [0.3, 0.4) is 0 Å². The summed E-state index contributed by atoms with van der Waals surface area (Å²) < 4.78 is 25.5. The van der Waals surface area contributed by atoms with Gasteiger partial charge in [0.1, 0.15) is 0 Å². The highest BCUT2D eigenvalue weighted by Gasteiger charge is 2.28. The van der Waals surface area contributed by atoms with E-state index in [0.29, 0.717) is 38.2 Å². The molecule has 21 heavy (non-hydrogen) atoms. The van der Waals surface area contributed by atoms with Gasteiger partial charge in [-0.1, -0.05) is 24.6 Å². The highest BCUT2D eigenvalue weighted by Crippen LogP contribution is 2.13. The topological polar surface area (TPSA) is 57.7 Å². The molecule has 1 aliphatic rings. The third kappa shape index (κ3) is 3.83. The predicted molar refractivity (Wildman–Crippen MR) is 82.7 cm³/mol. The van der Waals surface area contributed by atoms with Gasteiger partial charge >= 0.3 is 0 Å². The molecule has 1 aromatic rings. The fourth-order valence-corrected chi connectivity index (χ4v) is 3.93. The number of piperazine rings is 1. The van der Waals surface area contributed by atoms with Gasteiger partial charge in [-0.05, 0) is 25.5 Å². The minimum absolute atomic E-state index is 0.0254. The Morgan fingerprint density at radius 1 is 1.10 bits per heavy atom. The average molecular weight is 310 g/mol. The highest BCUT2D eigenvalue weighted by atomic mass is 32.2. The maximum absolute atomic E-state index is 12.4. The van der Waals surface area contributed by atoms with Gasteiger partial charge in [0, 0.05) is 31.7 Å². The van der Waals surface area contributed by atoms with Crippen LogP contribution in [0.25, 0.3) is 0 Å². The Hall–Kier alpha value is -1.40. The lowest BCUT2D eigenvalue weighted by Gasteiger charge is -2.34. The molecule has 116 valence electrons. The second kappa shape index (κ2) is 6.58. The van der Waals surface area contributed by atoms with Gasteiger partial charge in [-0.15, -0.1) is 0 Å². The van der Waals surface area contributed by atoms with E-state index in [0.717, 1.165) is 5.56 Å². The fraction of sp³-hybridized carbons (Fsp3) is 0.533. The van der Waals surface area contributed by atoms with Crippen molar-refractivity contribution in [2.45, 2.75) is 20.3 Å². The first kappa shape index (κ1) is 16.0. The van der Waals surface area contributed by atoms with Gasteiger partial charge in [0.2, 0.25) is 10.0 Å². The lowest BCUT2D eigenvalue weighted by Crippen LogP contribution is -2.51. The monoisotopic (exact) mass is 310 g/mol. The first-order valence-corrected chi connectivity index (χ1v) is 8.88. The van der Waals surface area contributed by atoms with Crippen LogP contribution in [0.2, 0.25) is 0 Å². The van der Waals surface area contributed by atoms with Gasteiger partial charge < -0.3 is 4.90 Å². The van der Waals surface area contributed by atoms with Gasteiger partial charge in [-0.25, -0.2) is 8.42 Å². The van der Waals surface area contributed by atoms with Crippen molar-refractivity contribution in [2.24, 2.45) is 0 Å². The van der Waals surface area contributed by atoms with Crippen LogP contribution in [0.4, 0.5) is 0 Å². The summed E-state index contributed by atoms with van der Waals surface area (Å²) in [6.45, 7) is 5.52. The number of benzene rings is 1. The molecule has 1 aliphatic heterocycles. The normalized spacial score (nSPS) is 17.0. The highest BCUT2D eigenvalue weighted by molar-refractivity contribution is 7.89. The Bertz CT molecular complexity index is 588. The molecule has 1 amide bonds. The molecule has 6 heteroatoms. The van der Waals surface area contributed by atoms with E-state index in [9.17, 15) is 13.2 Å². The largest absolute Gasteiger partial charge is 0.336 e. The standard InChI is InChI=1S/C15H22N2O3S/c1-3-12-21(19,20)17-10-8-16(9-11-17)15(18)14-6-4-13(2)5-7-14/h4-7H,3,8-12H2,1-2H3. The maximum atomic E-state index is 12.4. The molecule has 0 radical (unpaired) electrons. The zero-order valence-corrected chi connectivity index (χ0v) is 13.4. The molecule has 5 nitrogen and oxygen atoms in total. The molecule has 0 spiro atoms. The van der Waals surface area contributed by atoms with Crippen LogP contribution in [0.5, 0.6) is 0 Å². The Balaban J connectivity index is 1.98. The molecule has 1 aromatic carbocycles. The number of carbonyl (C=O) groups excluding carboxylic acids is 1. The van der Waals surface area contributed by atoms with Gasteiger partial charge in [0.05, 0.1) is 5.75 Å². The van der Waals surface area contributed by atoms with Gasteiger partial charge in [0.25, 0.3) is 5.91 Å². The molecular formula is C15H22N2O3S. The Morgan fingerprint density at radius 2 is 1.67 bits per heavy atom. The average Bonchev–Trinajstić information content (AvgIpc) is 2.47. The van der Waals surface area contributed by atoms with E-state index in [4.69, 9.17) is 0 Å². The summed E-state index contributed by atoms with van der Waals surface area (Å²) in [6, 6.07) is 7.46. The van der Waals surface area contributed by atoms with Crippen molar-refractivity contribution in [3.8, 4) is 0 Å². The number of carbonyl (C=O) groups is 1. The first-order chi connectivity index (χ1) is 9.94. The molecule has 0 N–H and O–H groups in total. The van der Waals surface area contributed by atoms with Crippen molar-refractivity contribution in [1.29, 1.82) is 0 Å². The van der Waals surface area contributed by atoms with E-state index >= 15 is 0 Å². The van der Waals surface area contributed by atoms with Gasteiger partial charge in [0.15, 0.2) is 0 Å². The van der Waals surface area contributed by atoms with Crippen molar-refractivity contribution in [3.63, 3.8) is 0 Å². The Labute approximate surface area is 126 Å². The van der Waals surface area contributed by atoms with Crippen LogP contribution >= 0.6 is 0 Å². The number of nitrogens with zero attached hydrogens (tertiary/aromatic N) is 2. The predicted octanol–water partition coefficient (Wildman–Crippen LogP) is 1.49. The number of aryl methyl sites for hydroxylation is 1. The summed E-state index contributed by atoms with van der Waals surface area (Å²) >= 11 is 0. The quantitative estimate of drug-likeness (QED) is 0.846. The van der Waals surface area contributed by atoms with E-state index in [-0.39, 0.29) is 11.7 Å². The van der Waals surface area contributed by atoms with E-state index in [1.54, 1.807) is 4.90 Å². The molecule has 1 saturated heterocycles. The summed E-state index contributed by atoms with van der Waals surface area (Å²) in [7, 11) is -3.16. The van der Waals surface area contributed by atoms with E-state index in [1.165, 1.54) is 4.31 Å². The summed E-state index contributed by atoms with van der Waals surface area (Å²) in [5, 5.41) is 0. The molecular weight excluding hydrogens is 288 g/mol. The van der Waals surface area contributed by atoms with Crippen LogP contribution in [0.15, 0.2) is 24.3 Å². The van der Waals surface area contributed by atoms with Crippen molar-refractivity contribution in [2.75, 3.05) is 31.9 Å². The fourth-order valence-electron chi connectivity index (χ4n) is 2.44. The van der Waals surface area contributed by atoms with E-state index in [2.05, 4.69) is 0 Å². The Morgan fingerprint density at radius 3 is 2.19 bits per heavy atom. The number of amides is 1. The number of hydrogen-bond donors (Lipinski definition) is 0. The first-order valence-electron chi connectivity index (χ1n) is 7.28. The molecule has 1 heterocycles. The van der Waals surface area contributed by atoms with Crippen LogP contribution in [-0.4, -0.2) is 55.5 Å². The van der Waals surface area contributed by atoms with E-state index < -0.39 is 10.0 Å². The molecule has 2 rings (SSSR count). The van der Waals surface area contributed by atoms with Crippen LogP contribution in [0, 0.1) is 6.92 Å². The number of rotatable bonds is 4. The lowest BCUT2D eigenvalue weighted by atomic mass is 10.1. The molecule has 0 unspecified atom stereocenters. The van der Waals surface area contributed by atoms with Crippen molar-refractivity contribution < 1.29 is 13.2 Å². The molecule has 0 atom stereocenters. The second-order valence-electron chi connectivity index (χ2n) is 5.37. The molecule has 1 fully saturated rings. The third-order valence-electron chi connectivity index (χ3n) is 3.68. The summed E-state index contributed by atoms with van der Waals surface area (Å²) in [4.78, 5) is 14.1. The lowest BCUT2D eigenvalue weighted by molar-refractivity contribution is 0.0698. The number of hydrogen-bond acceptors (Lipinski definition) is 3. The Kier molecular flexibility index (Phi) is 5.00. The molecule has 0 bridgehead atoms. The second-order valence-corrected chi connectivity index (χ2v) is 7.46.